The number of aromatic nitrogens is 2. The number of amides is 1. The lowest BCUT2D eigenvalue weighted by Crippen LogP contribution is -2.70. The Morgan fingerprint density at radius 3 is 2.50 bits per heavy atom. The molecule has 0 N–H and O–H groups in total. The normalized spacial score (nSPS) is 20.4. The highest BCUT2D eigenvalue weighted by molar-refractivity contribution is 6.33. The molecule has 34 heavy (non-hydrogen) atoms. The van der Waals surface area contributed by atoms with Crippen molar-refractivity contribution in [3.8, 4) is 11.3 Å². The van der Waals surface area contributed by atoms with Gasteiger partial charge in [-0.15, -0.1) is 0 Å². The molecule has 6 rings (SSSR count). The molecule has 7 nitrogen and oxygen atoms in total. The summed E-state index contributed by atoms with van der Waals surface area (Å²) in [5.41, 5.74) is -1.31. The van der Waals surface area contributed by atoms with Crippen molar-refractivity contribution < 1.29 is 27.1 Å². The largest absolute Gasteiger partial charge is 0.444 e. The first-order valence-electron chi connectivity index (χ1n) is 10.8. The minimum absolute atomic E-state index is 0.0336. The number of carbonyl (C=O) groups is 1. The highest BCUT2D eigenvalue weighted by Gasteiger charge is 2.50. The molecular formula is C23H22ClF3N4O3. The van der Waals surface area contributed by atoms with Crippen LogP contribution in [0.4, 0.5) is 24.0 Å². The van der Waals surface area contributed by atoms with Gasteiger partial charge in [0, 0.05) is 24.8 Å². The lowest BCUT2D eigenvalue weighted by atomic mass is 9.88. The molecule has 0 spiro atoms. The molecule has 0 aliphatic carbocycles. The maximum Gasteiger partial charge on any atom is 0.420 e. The van der Waals surface area contributed by atoms with Crippen molar-refractivity contribution in [1.82, 2.24) is 14.9 Å². The predicted molar refractivity (Wildman–Crippen MR) is 120 cm³/mol. The van der Waals surface area contributed by atoms with Gasteiger partial charge in [-0.2, -0.15) is 18.2 Å². The summed E-state index contributed by atoms with van der Waals surface area (Å²) in [6, 6.07) is 6.08. The number of rotatable bonds is 2. The van der Waals surface area contributed by atoms with E-state index in [0.717, 1.165) is 6.42 Å². The third-order valence-corrected chi connectivity index (χ3v) is 6.20. The fraction of sp³-hybridized carbons (Fsp3) is 0.435. The molecule has 5 heterocycles. The van der Waals surface area contributed by atoms with Crippen LogP contribution in [-0.2, 0) is 10.9 Å². The topological polar surface area (TPSA) is 71.7 Å². The summed E-state index contributed by atoms with van der Waals surface area (Å²) in [5, 5.41) is -0.474. The van der Waals surface area contributed by atoms with E-state index >= 15 is 0 Å². The van der Waals surface area contributed by atoms with Gasteiger partial charge < -0.3 is 14.1 Å². The zero-order valence-corrected chi connectivity index (χ0v) is 19.4. The van der Waals surface area contributed by atoms with Crippen LogP contribution in [0.15, 0.2) is 34.9 Å². The van der Waals surface area contributed by atoms with Gasteiger partial charge in [-0.05, 0) is 45.4 Å². The van der Waals surface area contributed by atoms with E-state index in [4.69, 9.17) is 20.8 Å². The SMILES string of the molecule is CC(C)(C)OC(=O)N1C2CC1CN(c1nc3c(C(F)(F)F)c(Cl)cc(-c4ccccn4)c3o1)C2. The van der Waals surface area contributed by atoms with Gasteiger partial charge in [0.2, 0.25) is 0 Å². The summed E-state index contributed by atoms with van der Waals surface area (Å²) in [6.45, 7) is 6.14. The predicted octanol–water partition coefficient (Wildman–Crippen LogP) is 5.76. The number of carbonyl (C=O) groups excluding carboxylic acids is 1. The number of fused-ring (bicyclic) bond motifs is 3. The Morgan fingerprint density at radius 2 is 1.91 bits per heavy atom. The molecule has 1 amide bonds. The average Bonchev–Trinajstić information content (AvgIpc) is 3.16. The molecule has 2 bridgehead atoms. The monoisotopic (exact) mass is 494 g/mol. The Morgan fingerprint density at radius 1 is 1.21 bits per heavy atom. The second-order valence-electron chi connectivity index (χ2n) is 9.50. The number of pyridine rings is 1. The number of ether oxygens (including phenoxy) is 1. The van der Waals surface area contributed by atoms with Crippen LogP contribution in [0.25, 0.3) is 22.4 Å². The van der Waals surface area contributed by atoms with Crippen molar-refractivity contribution in [3.05, 3.63) is 41.0 Å². The first-order valence-corrected chi connectivity index (χ1v) is 11.2. The first kappa shape index (κ1) is 22.8. The molecule has 0 saturated carbocycles. The molecule has 2 aromatic heterocycles. The third-order valence-electron chi connectivity index (χ3n) is 5.90. The van der Waals surface area contributed by atoms with Gasteiger partial charge in [0.05, 0.1) is 22.8 Å². The molecule has 3 fully saturated rings. The Bertz CT molecular complexity index is 1240. The van der Waals surface area contributed by atoms with Gasteiger partial charge in [0.15, 0.2) is 5.58 Å². The van der Waals surface area contributed by atoms with Crippen LogP contribution in [0, 0.1) is 0 Å². The second-order valence-corrected chi connectivity index (χ2v) is 9.91. The molecule has 3 aliphatic rings. The smallest absolute Gasteiger partial charge is 0.420 e. The van der Waals surface area contributed by atoms with Crippen molar-refractivity contribution in [2.45, 2.75) is 51.1 Å². The van der Waals surface area contributed by atoms with E-state index in [2.05, 4.69) is 9.97 Å². The van der Waals surface area contributed by atoms with E-state index in [1.807, 2.05) is 0 Å². The van der Waals surface area contributed by atoms with Crippen molar-refractivity contribution in [2.24, 2.45) is 0 Å². The van der Waals surface area contributed by atoms with Gasteiger partial charge >= 0.3 is 12.3 Å². The number of hydrogen-bond acceptors (Lipinski definition) is 6. The fourth-order valence-electron chi connectivity index (χ4n) is 4.53. The summed E-state index contributed by atoms with van der Waals surface area (Å²) in [7, 11) is 0. The number of piperidine rings is 1. The molecule has 1 aromatic carbocycles. The maximum absolute atomic E-state index is 13.9. The number of nitrogens with zero attached hydrogens (tertiary/aromatic N) is 4. The minimum atomic E-state index is -4.72. The van der Waals surface area contributed by atoms with Crippen LogP contribution in [0.2, 0.25) is 5.02 Å². The highest BCUT2D eigenvalue weighted by atomic mass is 35.5. The Balaban J connectivity index is 1.51. The van der Waals surface area contributed by atoms with Gasteiger partial charge in [0.1, 0.15) is 16.7 Å². The summed E-state index contributed by atoms with van der Waals surface area (Å²) >= 11 is 6.07. The van der Waals surface area contributed by atoms with E-state index in [9.17, 15) is 18.0 Å². The second kappa shape index (κ2) is 7.76. The Labute approximate surface area is 198 Å². The number of oxazole rings is 1. The first-order chi connectivity index (χ1) is 15.9. The number of piperazine rings is 1. The summed E-state index contributed by atoms with van der Waals surface area (Å²) in [4.78, 5) is 24.4. The van der Waals surface area contributed by atoms with Crippen molar-refractivity contribution >= 4 is 34.8 Å². The lowest BCUT2D eigenvalue weighted by molar-refractivity contribution is -0.136. The molecule has 2 atom stereocenters. The van der Waals surface area contributed by atoms with E-state index in [-0.39, 0.29) is 29.2 Å². The number of hydrogen-bond donors (Lipinski definition) is 0. The van der Waals surface area contributed by atoms with Crippen LogP contribution in [-0.4, -0.2) is 51.7 Å². The zero-order valence-electron chi connectivity index (χ0n) is 18.7. The van der Waals surface area contributed by atoms with E-state index in [0.29, 0.717) is 24.3 Å². The summed E-state index contributed by atoms with van der Waals surface area (Å²) in [5.74, 6) is 0. The average molecular weight is 495 g/mol. The van der Waals surface area contributed by atoms with Crippen LogP contribution in [0.3, 0.4) is 0 Å². The number of benzene rings is 1. The van der Waals surface area contributed by atoms with Crippen molar-refractivity contribution in [3.63, 3.8) is 0 Å². The highest BCUT2D eigenvalue weighted by Crippen LogP contribution is 2.45. The van der Waals surface area contributed by atoms with Gasteiger partial charge in [-0.3, -0.25) is 9.88 Å². The summed E-state index contributed by atoms with van der Waals surface area (Å²) < 4.78 is 53.0. The van der Waals surface area contributed by atoms with Crippen LogP contribution < -0.4 is 4.90 Å². The number of alkyl halides is 3. The standard InChI is InChI=1S/C23H22ClF3N4O3/c1-22(2,3)34-21(32)31-12-8-13(31)11-30(10-12)20-29-18-17(23(25,26)27)15(24)9-14(19(18)33-20)16-6-4-5-7-28-16/h4-7,9,12-13H,8,10-11H2,1-3H3. The molecular weight excluding hydrogens is 473 g/mol. The quantitative estimate of drug-likeness (QED) is 0.451. The van der Waals surface area contributed by atoms with Crippen LogP contribution >= 0.6 is 11.6 Å². The molecule has 3 aromatic rings. The molecule has 0 radical (unpaired) electrons. The van der Waals surface area contributed by atoms with Crippen LogP contribution in [0.1, 0.15) is 32.8 Å². The van der Waals surface area contributed by atoms with Crippen LogP contribution in [0.5, 0.6) is 0 Å². The Kier molecular flexibility index (Phi) is 5.20. The minimum Gasteiger partial charge on any atom is -0.444 e. The molecule has 3 saturated heterocycles. The van der Waals surface area contributed by atoms with E-state index in [1.54, 1.807) is 48.8 Å². The van der Waals surface area contributed by atoms with Crippen molar-refractivity contribution in [2.75, 3.05) is 18.0 Å². The van der Waals surface area contributed by atoms with Crippen molar-refractivity contribution in [1.29, 1.82) is 0 Å². The number of anilines is 1. The molecule has 11 heteroatoms. The van der Waals surface area contributed by atoms with Gasteiger partial charge in [0.25, 0.3) is 6.01 Å². The third kappa shape index (κ3) is 3.93. The number of halogens is 4. The van der Waals surface area contributed by atoms with E-state index in [1.165, 1.54) is 12.3 Å². The molecule has 2 unspecified atom stereocenters. The molecule has 3 aliphatic heterocycles. The van der Waals surface area contributed by atoms with Gasteiger partial charge in [-0.25, -0.2) is 4.79 Å². The maximum atomic E-state index is 13.9. The molecule has 180 valence electrons. The fourth-order valence-corrected chi connectivity index (χ4v) is 4.84. The zero-order chi connectivity index (χ0) is 24.4. The summed E-state index contributed by atoms with van der Waals surface area (Å²) in [6.07, 6.45) is -2.79. The van der Waals surface area contributed by atoms with Gasteiger partial charge in [-0.1, -0.05) is 17.7 Å². The Hall–Kier alpha value is -3.01. The van der Waals surface area contributed by atoms with E-state index < -0.39 is 28.5 Å². The lowest BCUT2D eigenvalue weighted by Gasteiger charge is -2.55.